The first kappa shape index (κ1) is 17.0. The number of aryl methyl sites for hydroxylation is 1. The molecule has 8 heteroatoms. The SMILES string of the molecule is CNC(=O)CCNC(=O)c1c(-c2c(F)cccc2Cl)noc1C. The van der Waals surface area contributed by atoms with Crippen molar-refractivity contribution in [1.29, 1.82) is 0 Å². The van der Waals surface area contributed by atoms with Crippen LogP contribution in [0.1, 0.15) is 22.5 Å². The predicted octanol–water partition coefficient (Wildman–Crippen LogP) is 2.31. The minimum Gasteiger partial charge on any atom is -0.360 e. The molecule has 0 radical (unpaired) electrons. The molecule has 6 nitrogen and oxygen atoms in total. The molecule has 0 aliphatic heterocycles. The van der Waals surface area contributed by atoms with E-state index in [9.17, 15) is 14.0 Å². The monoisotopic (exact) mass is 339 g/mol. The van der Waals surface area contributed by atoms with Gasteiger partial charge >= 0.3 is 0 Å². The number of carbonyl (C=O) groups is 2. The third-order valence-electron chi connectivity index (χ3n) is 3.21. The zero-order chi connectivity index (χ0) is 17.0. The van der Waals surface area contributed by atoms with E-state index in [0.717, 1.165) is 0 Å². The second-order valence-electron chi connectivity index (χ2n) is 4.74. The second kappa shape index (κ2) is 7.23. The molecule has 0 saturated heterocycles. The van der Waals surface area contributed by atoms with Crippen LogP contribution in [0.3, 0.4) is 0 Å². The molecule has 0 atom stereocenters. The van der Waals surface area contributed by atoms with Crippen molar-refractivity contribution >= 4 is 23.4 Å². The number of benzene rings is 1. The topological polar surface area (TPSA) is 84.2 Å². The van der Waals surface area contributed by atoms with Gasteiger partial charge in [0, 0.05) is 20.0 Å². The Kier molecular flexibility index (Phi) is 5.33. The highest BCUT2D eigenvalue weighted by molar-refractivity contribution is 6.33. The largest absolute Gasteiger partial charge is 0.360 e. The molecule has 0 spiro atoms. The van der Waals surface area contributed by atoms with Crippen LogP contribution in [0.15, 0.2) is 22.7 Å². The van der Waals surface area contributed by atoms with E-state index in [2.05, 4.69) is 15.8 Å². The van der Waals surface area contributed by atoms with Gasteiger partial charge in [0.05, 0.1) is 10.6 Å². The highest BCUT2D eigenvalue weighted by Gasteiger charge is 2.25. The summed E-state index contributed by atoms with van der Waals surface area (Å²) in [5.41, 5.74) is 0.124. The fourth-order valence-electron chi connectivity index (χ4n) is 2.04. The van der Waals surface area contributed by atoms with E-state index in [1.54, 1.807) is 6.92 Å². The number of aromatic nitrogens is 1. The molecule has 1 aromatic heterocycles. The van der Waals surface area contributed by atoms with Crippen molar-refractivity contribution in [3.63, 3.8) is 0 Å². The van der Waals surface area contributed by atoms with E-state index >= 15 is 0 Å². The zero-order valence-electron chi connectivity index (χ0n) is 12.6. The van der Waals surface area contributed by atoms with Crippen molar-refractivity contribution in [3.05, 3.63) is 40.4 Å². The number of nitrogens with one attached hydrogen (secondary N) is 2. The Morgan fingerprint density at radius 2 is 2.13 bits per heavy atom. The lowest BCUT2D eigenvalue weighted by atomic mass is 10.0. The van der Waals surface area contributed by atoms with Gasteiger partial charge < -0.3 is 15.2 Å². The summed E-state index contributed by atoms with van der Waals surface area (Å²) in [6.45, 7) is 1.67. The Hall–Kier alpha value is -2.41. The molecule has 0 aliphatic carbocycles. The molecule has 2 N–H and O–H groups in total. The van der Waals surface area contributed by atoms with Gasteiger partial charge in [-0.2, -0.15) is 0 Å². The highest BCUT2D eigenvalue weighted by Crippen LogP contribution is 2.33. The Morgan fingerprint density at radius 1 is 1.39 bits per heavy atom. The van der Waals surface area contributed by atoms with Crippen molar-refractivity contribution < 1.29 is 18.5 Å². The molecule has 1 aromatic carbocycles. The van der Waals surface area contributed by atoms with Crippen LogP contribution in [0, 0.1) is 12.7 Å². The maximum Gasteiger partial charge on any atom is 0.257 e. The molecule has 23 heavy (non-hydrogen) atoms. The molecule has 0 fully saturated rings. The fourth-order valence-corrected chi connectivity index (χ4v) is 2.29. The molecule has 2 aromatic rings. The summed E-state index contributed by atoms with van der Waals surface area (Å²) in [5, 5.41) is 8.90. The van der Waals surface area contributed by atoms with Crippen molar-refractivity contribution in [2.45, 2.75) is 13.3 Å². The van der Waals surface area contributed by atoms with Crippen LogP contribution in [0.5, 0.6) is 0 Å². The van der Waals surface area contributed by atoms with Gasteiger partial charge in [0.15, 0.2) is 0 Å². The quantitative estimate of drug-likeness (QED) is 0.875. The summed E-state index contributed by atoms with van der Waals surface area (Å²) in [4.78, 5) is 23.5. The Balaban J connectivity index is 2.29. The smallest absolute Gasteiger partial charge is 0.257 e. The third kappa shape index (κ3) is 3.68. The number of halogens is 2. The lowest BCUT2D eigenvalue weighted by Gasteiger charge is -2.07. The van der Waals surface area contributed by atoms with Crippen LogP contribution in [0.25, 0.3) is 11.3 Å². The van der Waals surface area contributed by atoms with Gasteiger partial charge in [0.25, 0.3) is 5.91 Å². The first-order valence-electron chi connectivity index (χ1n) is 6.85. The summed E-state index contributed by atoms with van der Waals surface area (Å²) in [5.74, 6) is -1.09. The fraction of sp³-hybridized carbons (Fsp3) is 0.267. The zero-order valence-corrected chi connectivity index (χ0v) is 13.3. The van der Waals surface area contributed by atoms with Gasteiger partial charge in [-0.05, 0) is 19.1 Å². The van der Waals surface area contributed by atoms with E-state index in [0.29, 0.717) is 0 Å². The van der Waals surface area contributed by atoms with E-state index in [1.165, 1.54) is 25.2 Å². The average Bonchev–Trinajstić information content (AvgIpc) is 2.88. The van der Waals surface area contributed by atoms with Crippen LogP contribution < -0.4 is 10.6 Å². The Morgan fingerprint density at radius 3 is 2.78 bits per heavy atom. The van der Waals surface area contributed by atoms with Crippen LogP contribution in [0.4, 0.5) is 4.39 Å². The Labute approximate surface area is 137 Å². The molecule has 1 heterocycles. The van der Waals surface area contributed by atoms with E-state index in [1.807, 2.05) is 0 Å². The predicted molar refractivity (Wildman–Crippen MR) is 82.7 cm³/mol. The molecule has 0 saturated carbocycles. The van der Waals surface area contributed by atoms with E-state index in [4.69, 9.17) is 16.1 Å². The summed E-state index contributed by atoms with van der Waals surface area (Å²) < 4.78 is 19.1. The summed E-state index contributed by atoms with van der Waals surface area (Å²) >= 11 is 6.01. The maximum absolute atomic E-state index is 14.0. The van der Waals surface area contributed by atoms with Crippen molar-refractivity contribution in [1.82, 2.24) is 15.8 Å². The summed E-state index contributed by atoms with van der Waals surface area (Å²) in [6, 6.07) is 4.17. The number of amides is 2. The second-order valence-corrected chi connectivity index (χ2v) is 5.15. The first-order valence-corrected chi connectivity index (χ1v) is 7.23. The molecule has 0 bridgehead atoms. The normalized spacial score (nSPS) is 10.4. The summed E-state index contributed by atoms with van der Waals surface area (Å²) in [7, 11) is 1.51. The number of nitrogens with zero attached hydrogens (tertiary/aromatic N) is 1. The molecule has 2 rings (SSSR count). The molecule has 0 aliphatic rings. The maximum atomic E-state index is 14.0. The van der Waals surface area contributed by atoms with Crippen LogP contribution in [-0.4, -0.2) is 30.6 Å². The third-order valence-corrected chi connectivity index (χ3v) is 3.52. The lowest BCUT2D eigenvalue weighted by Crippen LogP contribution is -2.29. The molecular formula is C15H15ClFN3O3. The van der Waals surface area contributed by atoms with Gasteiger partial charge in [0.2, 0.25) is 5.91 Å². The minimum absolute atomic E-state index is 0.00229. The van der Waals surface area contributed by atoms with Gasteiger partial charge in [-0.3, -0.25) is 9.59 Å². The first-order chi connectivity index (χ1) is 11.0. The average molecular weight is 340 g/mol. The standard InChI is InChI=1S/C15H15ClFN3O3/c1-8-12(15(22)19-7-6-11(21)18-2)14(20-23-8)13-9(16)4-3-5-10(13)17/h3-5H,6-7H2,1-2H3,(H,18,21)(H,19,22). The minimum atomic E-state index is -0.606. The van der Waals surface area contributed by atoms with Crippen molar-refractivity contribution in [3.8, 4) is 11.3 Å². The number of hydrogen-bond acceptors (Lipinski definition) is 4. The molecular weight excluding hydrogens is 325 g/mol. The van der Waals surface area contributed by atoms with Crippen LogP contribution >= 0.6 is 11.6 Å². The van der Waals surface area contributed by atoms with Crippen molar-refractivity contribution in [2.75, 3.05) is 13.6 Å². The molecule has 0 unspecified atom stereocenters. The molecule has 2 amide bonds. The van der Waals surface area contributed by atoms with Gasteiger partial charge in [0.1, 0.15) is 22.8 Å². The van der Waals surface area contributed by atoms with Crippen LogP contribution in [0.2, 0.25) is 5.02 Å². The lowest BCUT2D eigenvalue weighted by molar-refractivity contribution is -0.120. The van der Waals surface area contributed by atoms with Gasteiger partial charge in [-0.25, -0.2) is 4.39 Å². The van der Waals surface area contributed by atoms with Gasteiger partial charge in [-0.15, -0.1) is 0 Å². The van der Waals surface area contributed by atoms with Gasteiger partial charge in [-0.1, -0.05) is 22.8 Å². The molecule has 122 valence electrons. The van der Waals surface area contributed by atoms with E-state index < -0.39 is 11.7 Å². The van der Waals surface area contributed by atoms with Crippen molar-refractivity contribution in [2.24, 2.45) is 0 Å². The number of carbonyl (C=O) groups excluding carboxylic acids is 2. The highest BCUT2D eigenvalue weighted by atomic mass is 35.5. The Bertz CT molecular complexity index is 725. The number of hydrogen-bond donors (Lipinski definition) is 2. The number of rotatable bonds is 5. The van der Waals surface area contributed by atoms with E-state index in [-0.39, 0.29) is 46.5 Å². The van der Waals surface area contributed by atoms with Crippen LogP contribution in [-0.2, 0) is 4.79 Å². The summed E-state index contributed by atoms with van der Waals surface area (Å²) in [6.07, 6.45) is 0.127.